The zero-order chi connectivity index (χ0) is 15.4. The Morgan fingerprint density at radius 3 is 2.86 bits per heavy atom. The number of rotatable bonds is 5. The van der Waals surface area contributed by atoms with Crippen molar-refractivity contribution in [1.29, 1.82) is 0 Å². The molecule has 1 aliphatic heterocycles. The maximum Gasteiger partial charge on any atom is 0.253 e. The van der Waals surface area contributed by atoms with E-state index < -0.39 is 11.7 Å². The van der Waals surface area contributed by atoms with Crippen LogP contribution < -0.4 is 16.0 Å². The van der Waals surface area contributed by atoms with E-state index in [4.69, 9.17) is 5.73 Å². The summed E-state index contributed by atoms with van der Waals surface area (Å²) in [5.41, 5.74) is 5.96. The van der Waals surface area contributed by atoms with E-state index in [2.05, 4.69) is 10.2 Å². The van der Waals surface area contributed by atoms with Crippen molar-refractivity contribution in [3.8, 4) is 0 Å². The second-order valence-electron chi connectivity index (χ2n) is 5.96. The molecule has 0 aromatic heterocycles. The Balaban J connectivity index is 2.29. The van der Waals surface area contributed by atoms with Gasteiger partial charge in [-0.15, -0.1) is 0 Å². The molecule has 116 valence electrons. The molecule has 21 heavy (non-hydrogen) atoms. The number of hydrogen-bond donors (Lipinski definition) is 2. The van der Waals surface area contributed by atoms with Gasteiger partial charge < -0.3 is 16.0 Å². The van der Waals surface area contributed by atoms with Crippen LogP contribution in [0.3, 0.4) is 0 Å². The first-order chi connectivity index (χ1) is 10.0. The van der Waals surface area contributed by atoms with E-state index in [1.54, 1.807) is 12.1 Å². The number of hydrogen-bond acceptors (Lipinski definition) is 3. The Labute approximate surface area is 125 Å². The maximum atomic E-state index is 14.0. The standard InChI is InChI=1S/C16H24FN3O/c1-11(2)20(10-12-5-4-8-19-9-12)14-7-3-6-13(17)15(14)16(18)21/h3,6-7,11-12,19H,4-5,8-10H2,1-2H3,(H2,18,21). The van der Waals surface area contributed by atoms with Crippen molar-refractivity contribution < 1.29 is 9.18 Å². The van der Waals surface area contributed by atoms with Gasteiger partial charge in [-0.25, -0.2) is 4.39 Å². The largest absolute Gasteiger partial charge is 0.368 e. The summed E-state index contributed by atoms with van der Waals surface area (Å²) in [6.45, 7) is 6.92. The first kappa shape index (κ1) is 15.8. The van der Waals surface area contributed by atoms with Gasteiger partial charge in [-0.3, -0.25) is 4.79 Å². The fourth-order valence-corrected chi connectivity index (χ4v) is 2.94. The van der Waals surface area contributed by atoms with Gasteiger partial charge in [0.25, 0.3) is 5.91 Å². The van der Waals surface area contributed by atoms with E-state index in [0.29, 0.717) is 11.6 Å². The number of carbonyl (C=O) groups is 1. The van der Waals surface area contributed by atoms with Crippen molar-refractivity contribution >= 4 is 11.6 Å². The molecule has 1 amide bonds. The summed E-state index contributed by atoms with van der Waals surface area (Å²) in [5.74, 6) is -0.756. The second kappa shape index (κ2) is 6.89. The molecule has 4 nitrogen and oxygen atoms in total. The third-order valence-electron chi connectivity index (χ3n) is 4.02. The van der Waals surface area contributed by atoms with Gasteiger partial charge in [-0.2, -0.15) is 0 Å². The molecule has 1 saturated heterocycles. The molecular formula is C16H24FN3O. The van der Waals surface area contributed by atoms with Crippen LogP contribution in [0.4, 0.5) is 10.1 Å². The Hall–Kier alpha value is -1.62. The molecule has 0 spiro atoms. The number of benzene rings is 1. The minimum atomic E-state index is -0.712. The topological polar surface area (TPSA) is 58.4 Å². The van der Waals surface area contributed by atoms with Crippen molar-refractivity contribution in [2.45, 2.75) is 32.7 Å². The van der Waals surface area contributed by atoms with Crippen LogP contribution in [0.2, 0.25) is 0 Å². The van der Waals surface area contributed by atoms with Crippen LogP contribution in [0.15, 0.2) is 18.2 Å². The number of piperidine rings is 1. The average molecular weight is 293 g/mol. The number of amides is 1. The highest BCUT2D eigenvalue weighted by molar-refractivity contribution is 5.99. The van der Waals surface area contributed by atoms with Gasteiger partial charge in [0.15, 0.2) is 0 Å². The van der Waals surface area contributed by atoms with Crippen LogP contribution >= 0.6 is 0 Å². The molecule has 0 saturated carbocycles. The molecule has 1 fully saturated rings. The molecule has 5 heteroatoms. The van der Waals surface area contributed by atoms with Crippen LogP contribution in [0.5, 0.6) is 0 Å². The van der Waals surface area contributed by atoms with E-state index in [0.717, 1.165) is 32.5 Å². The van der Waals surface area contributed by atoms with Gasteiger partial charge in [0, 0.05) is 12.6 Å². The van der Waals surface area contributed by atoms with Crippen molar-refractivity contribution in [1.82, 2.24) is 5.32 Å². The maximum absolute atomic E-state index is 14.0. The van der Waals surface area contributed by atoms with Gasteiger partial charge >= 0.3 is 0 Å². The summed E-state index contributed by atoms with van der Waals surface area (Å²) < 4.78 is 14.0. The predicted octanol–water partition coefficient (Wildman–Crippen LogP) is 2.14. The molecule has 1 aromatic rings. The van der Waals surface area contributed by atoms with Crippen LogP contribution in [0, 0.1) is 11.7 Å². The van der Waals surface area contributed by atoms with Gasteiger partial charge in [-0.1, -0.05) is 6.07 Å². The Kier molecular flexibility index (Phi) is 5.17. The molecule has 1 aromatic carbocycles. The number of primary amides is 1. The Bertz CT molecular complexity index is 498. The monoisotopic (exact) mass is 293 g/mol. The molecule has 3 N–H and O–H groups in total. The highest BCUT2D eigenvalue weighted by Gasteiger charge is 2.24. The number of halogens is 1. The van der Waals surface area contributed by atoms with E-state index in [1.807, 2.05) is 13.8 Å². The molecule has 0 bridgehead atoms. The van der Waals surface area contributed by atoms with Crippen molar-refractivity contribution in [2.24, 2.45) is 11.7 Å². The molecule has 1 heterocycles. The number of nitrogens with one attached hydrogen (secondary N) is 1. The van der Waals surface area contributed by atoms with Crippen LogP contribution in [-0.4, -0.2) is 31.6 Å². The summed E-state index contributed by atoms with van der Waals surface area (Å²) >= 11 is 0. The van der Waals surface area contributed by atoms with Gasteiger partial charge in [0.1, 0.15) is 5.82 Å². The van der Waals surface area contributed by atoms with Crippen molar-refractivity contribution in [3.63, 3.8) is 0 Å². The fourth-order valence-electron chi connectivity index (χ4n) is 2.94. The number of carbonyl (C=O) groups excluding carboxylic acids is 1. The lowest BCUT2D eigenvalue weighted by Crippen LogP contribution is -2.42. The molecule has 2 rings (SSSR count). The highest BCUT2D eigenvalue weighted by Crippen LogP contribution is 2.27. The van der Waals surface area contributed by atoms with E-state index in [9.17, 15) is 9.18 Å². The van der Waals surface area contributed by atoms with Crippen LogP contribution in [0.1, 0.15) is 37.0 Å². The number of nitrogens with two attached hydrogens (primary N) is 1. The minimum absolute atomic E-state index is 0.00466. The first-order valence-corrected chi connectivity index (χ1v) is 7.56. The highest BCUT2D eigenvalue weighted by atomic mass is 19.1. The Morgan fingerprint density at radius 2 is 2.29 bits per heavy atom. The zero-order valence-corrected chi connectivity index (χ0v) is 12.7. The van der Waals surface area contributed by atoms with E-state index >= 15 is 0 Å². The summed E-state index contributed by atoms with van der Waals surface area (Å²) in [6, 6.07) is 4.86. The summed E-state index contributed by atoms with van der Waals surface area (Å²) in [6.07, 6.45) is 2.31. The molecular weight excluding hydrogens is 269 g/mol. The SMILES string of the molecule is CC(C)N(CC1CCCNC1)c1cccc(F)c1C(N)=O. The normalized spacial score (nSPS) is 18.8. The van der Waals surface area contributed by atoms with E-state index in [-0.39, 0.29) is 11.6 Å². The van der Waals surface area contributed by atoms with Crippen molar-refractivity contribution in [2.75, 3.05) is 24.5 Å². The fraction of sp³-hybridized carbons (Fsp3) is 0.562. The summed E-state index contributed by atoms with van der Waals surface area (Å²) in [4.78, 5) is 13.7. The van der Waals surface area contributed by atoms with Crippen LogP contribution in [0.25, 0.3) is 0 Å². The van der Waals surface area contributed by atoms with E-state index in [1.165, 1.54) is 6.07 Å². The predicted molar refractivity (Wildman–Crippen MR) is 83.0 cm³/mol. The smallest absolute Gasteiger partial charge is 0.253 e. The third-order valence-corrected chi connectivity index (χ3v) is 4.02. The van der Waals surface area contributed by atoms with Gasteiger partial charge in [0.2, 0.25) is 0 Å². The lowest BCUT2D eigenvalue weighted by Gasteiger charge is -2.35. The molecule has 1 unspecified atom stereocenters. The minimum Gasteiger partial charge on any atom is -0.368 e. The Morgan fingerprint density at radius 1 is 1.52 bits per heavy atom. The van der Waals surface area contributed by atoms with Gasteiger partial charge in [0.05, 0.1) is 11.3 Å². The molecule has 1 atom stereocenters. The van der Waals surface area contributed by atoms with Crippen LogP contribution in [-0.2, 0) is 0 Å². The number of anilines is 1. The number of nitrogens with zero attached hydrogens (tertiary/aromatic N) is 1. The molecule has 1 aliphatic rings. The molecule has 0 aliphatic carbocycles. The summed E-state index contributed by atoms with van der Waals surface area (Å²) in [7, 11) is 0. The lowest BCUT2D eigenvalue weighted by atomic mass is 9.97. The third kappa shape index (κ3) is 3.73. The quantitative estimate of drug-likeness (QED) is 0.874. The zero-order valence-electron chi connectivity index (χ0n) is 12.7. The van der Waals surface area contributed by atoms with Gasteiger partial charge in [-0.05, 0) is 57.8 Å². The second-order valence-corrected chi connectivity index (χ2v) is 5.96. The van der Waals surface area contributed by atoms with Crippen molar-refractivity contribution in [3.05, 3.63) is 29.6 Å². The first-order valence-electron chi connectivity index (χ1n) is 7.56. The lowest BCUT2D eigenvalue weighted by molar-refractivity contribution is 0.0997. The summed E-state index contributed by atoms with van der Waals surface area (Å²) in [5, 5.41) is 3.39. The molecule has 0 radical (unpaired) electrons. The average Bonchev–Trinajstić information content (AvgIpc) is 2.45.